The lowest BCUT2D eigenvalue weighted by Crippen LogP contribution is -2.35. The number of unbranched alkanes of at least 4 members (excludes halogenated alkanes) is 2. The first-order chi connectivity index (χ1) is 10.1. The summed E-state index contributed by atoms with van der Waals surface area (Å²) in [5, 5.41) is 7.70. The number of amides is 1. The van der Waals surface area contributed by atoms with Crippen LogP contribution in [0.5, 0.6) is 0 Å². The number of methoxy groups -OCH3 is 1. The average Bonchev–Trinajstić information content (AvgIpc) is 3.07. The van der Waals surface area contributed by atoms with Crippen LogP contribution in [0.3, 0.4) is 0 Å². The molecule has 1 aromatic heterocycles. The van der Waals surface area contributed by atoms with E-state index < -0.39 is 0 Å². The lowest BCUT2D eigenvalue weighted by Gasteiger charge is -2.23. The van der Waals surface area contributed by atoms with Gasteiger partial charge in [0.1, 0.15) is 6.17 Å². The highest BCUT2D eigenvalue weighted by molar-refractivity contribution is 7.07. The molecular weight excluding hydrogens is 284 g/mol. The van der Waals surface area contributed by atoms with Gasteiger partial charge >= 0.3 is 0 Å². The summed E-state index contributed by atoms with van der Waals surface area (Å²) in [4.78, 5) is 14.6. The number of rotatable bonds is 8. The van der Waals surface area contributed by atoms with Crippen LogP contribution in [0.1, 0.15) is 44.8 Å². The molecular formula is C16H26N2O2S. The van der Waals surface area contributed by atoms with Gasteiger partial charge < -0.3 is 9.64 Å². The molecule has 2 unspecified atom stereocenters. The molecule has 1 N–H and O–H groups in total. The lowest BCUT2D eigenvalue weighted by molar-refractivity contribution is -0.130. The zero-order valence-electron chi connectivity index (χ0n) is 13.2. The van der Waals surface area contributed by atoms with E-state index in [1.165, 1.54) is 5.56 Å². The molecule has 0 aromatic carbocycles. The van der Waals surface area contributed by atoms with Crippen LogP contribution in [0, 0.1) is 5.92 Å². The van der Waals surface area contributed by atoms with Crippen LogP contribution in [-0.4, -0.2) is 37.1 Å². The molecule has 1 amide bonds. The molecule has 1 aromatic rings. The Morgan fingerprint density at radius 2 is 2.19 bits per heavy atom. The van der Waals surface area contributed by atoms with Gasteiger partial charge in [-0.2, -0.15) is 11.3 Å². The highest BCUT2D eigenvalue weighted by atomic mass is 32.1. The molecule has 4 nitrogen and oxygen atoms in total. The number of ether oxygens (including phenoxy) is 1. The molecule has 2 rings (SSSR count). The van der Waals surface area contributed by atoms with Gasteiger partial charge in [-0.15, -0.1) is 0 Å². The van der Waals surface area contributed by atoms with Crippen LogP contribution in [0.2, 0.25) is 0 Å². The summed E-state index contributed by atoms with van der Waals surface area (Å²) in [6.45, 7) is 5.82. The predicted molar refractivity (Wildman–Crippen MR) is 86.3 cm³/mol. The van der Waals surface area contributed by atoms with Crippen molar-refractivity contribution in [2.45, 2.75) is 45.3 Å². The number of hydrogen-bond acceptors (Lipinski definition) is 4. The van der Waals surface area contributed by atoms with Gasteiger partial charge in [0, 0.05) is 20.3 Å². The van der Waals surface area contributed by atoms with Crippen LogP contribution < -0.4 is 5.32 Å². The van der Waals surface area contributed by atoms with Crippen molar-refractivity contribution in [3.63, 3.8) is 0 Å². The third kappa shape index (κ3) is 4.05. The Labute approximate surface area is 131 Å². The highest BCUT2D eigenvalue weighted by Gasteiger charge is 2.40. The summed E-state index contributed by atoms with van der Waals surface area (Å²) in [5.41, 5.74) is 1.20. The van der Waals surface area contributed by atoms with Crippen LogP contribution in [0.15, 0.2) is 16.8 Å². The monoisotopic (exact) mass is 310 g/mol. The van der Waals surface area contributed by atoms with E-state index >= 15 is 0 Å². The Kier molecular flexibility index (Phi) is 6.21. The summed E-state index contributed by atoms with van der Waals surface area (Å²) >= 11 is 1.68. The average molecular weight is 310 g/mol. The molecule has 2 atom stereocenters. The molecule has 21 heavy (non-hydrogen) atoms. The number of nitrogens with one attached hydrogen (secondary N) is 1. The Morgan fingerprint density at radius 1 is 1.38 bits per heavy atom. The van der Waals surface area contributed by atoms with Gasteiger partial charge in [-0.25, -0.2) is 0 Å². The third-order valence-electron chi connectivity index (χ3n) is 3.97. The van der Waals surface area contributed by atoms with E-state index in [0.29, 0.717) is 5.92 Å². The first-order valence-corrected chi connectivity index (χ1v) is 8.67. The van der Waals surface area contributed by atoms with Crippen molar-refractivity contribution in [2.24, 2.45) is 5.92 Å². The molecule has 1 fully saturated rings. The highest BCUT2D eigenvalue weighted by Crippen LogP contribution is 2.29. The predicted octanol–water partition coefficient (Wildman–Crippen LogP) is 3.02. The maximum atomic E-state index is 12.6. The number of thiophene rings is 1. The second kappa shape index (κ2) is 7.92. The lowest BCUT2D eigenvalue weighted by atomic mass is 10.1. The SMILES string of the molecule is COCCCCCN1C(=O)C(C(C)C)NC1c1ccsc1. The molecule has 118 valence electrons. The molecule has 0 spiro atoms. The van der Waals surface area contributed by atoms with E-state index in [-0.39, 0.29) is 18.1 Å². The van der Waals surface area contributed by atoms with Gasteiger partial charge in [0.15, 0.2) is 0 Å². The Bertz CT molecular complexity index is 433. The molecule has 0 aliphatic carbocycles. The van der Waals surface area contributed by atoms with Gasteiger partial charge in [0.25, 0.3) is 0 Å². The molecule has 0 bridgehead atoms. The first-order valence-electron chi connectivity index (χ1n) is 7.72. The first kappa shape index (κ1) is 16.5. The molecule has 1 aliphatic heterocycles. The van der Waals surface area contributed by atoms with Crippen molar-refractivity contribution in [1.82, 2.24) is 10.2 Å². The van der Waals surface area contributed by atoms with Gasteiger partial charge in [0.2, 0.25) is 5.91 Å². The molecule has 1 saturated heterocycles. The van der Waals surface area contributed by atoms with E-state index in [1.54, 1.807) is 18.4 Å². The second-order valence-electron chi connectivity index (χ2n) is 5.93. The fraction of sp³-hybridized carbons (Fsp3) is 0.688. The van der Waals surface area contributed by atoms with E-state index in [1.807, 2.05) is 4.90 Å². The Hall–Kier alpha value is -0.910. The van der Waals surface area contributed by atoms with Gasteiger partial charge in [0.05, 0.1) is 6.04 Å². The molecule has 2 heterocycles. The smallest absolute Gasteiger partial charge is 0.241 e. The summed E-state index contributed by atoms with van der Waals surface area (Å²) in [5.74, 6) is 0.560. The summed E-state index contributed by atoms with van der Waals surface area (Å²) < 4.78 is 5.07. The van der Waals surface area contributed by atoms with Gasteiger partial charge in [-0.1, -0.05) is 13.8 Å². The molecule has 5 heteroatoms. The largest absolute Gasteiger partial charge is 0.385 e. The fourth-order valence-corrected chi connectivity index (χ4v) is 3.45. The number of carbonyl (C=O) groups excluding carboxylic acids is 1. The summed E-state index contributed by atoms with van der Waals surface area (Å²) in [6, 6.07) is 2.05. The zero-order chi connectivity index (χ0) is 15.2. The van der Waals surface area contributed by atoms with E-state index in [9.17, 15) is 4.79 Å². The molecule has 0 radical (unpaired) electrons. The fourth-order valence-electron chi connectivity index (χ4n) is 2.77. The normalized spacial score (nSPS) is 22.5. The molecule has 0 saturated carbocycles. The maximum Gasteiger partial charge on any atom is 0.241 e. The Balaban J connectivity index is 1.98. The maximum absolute atomic E-state index is 12.6. The summed E-state index contributed by atoms with van der Waals surface area (Å²) in [7, 11) is 1.73. The van der Waals surface area contributed by atoms with Gasteiger partial charge in [-0.05, 0) is 47.6 Å². The molecule has 1 aliphatic rings. The third-order valence-corrected chi connectivity index (χ3v) is 4.67. The van der Waals surface area contributed by atoms with E-state index in [2.05, 4.69) is 36.0 Å². The number of hydrogen-bond donors (Lipinski definition) is 1. The van der Waals surface area contributed by atoms with Crippen molar-refractivity contribution in [3.8, 4) is 0 Å². The minimum atomic E-state index is -0.0612. The minimum Gasteiger partial charge on any atom is -0.385 e. The Morgan fingerprint density at radius 3 is 2.81 bits per heavy atom. The topological polar surface area (TPSA) is 41.6 Å². The van der Waals surface area contributed by atoms with Crippen molar-refractivity contribution < 1.29 is 9.53 Å². The minimum absolute atomic E-state index is 0.0403. The van der Waals surface area contributed by atoms with Gasteiger partial charge in [-0.3, -0.25) is 10.1 Å². The van der Waals surface area contributed by atoms with Crippen LogP contribution in [-0.2, 0) is 9.53 Å². The van der Waals surface area contributed by atoms with E-state index in [4.69, 9.17) is 4.74 Å². The van der Waals surface area contributed by atoms with Crippen molar-refractivity contribution in [3.05, 3.63) is 22.4 Å². The van der Waals surface area contributed by atoms with Crippen LogP contribution in [0.25, 0.3) is 0 Å². The number of carbonyl (C=O) groups is 1. The van der Waals surface area contributed by atoms with Crippen molar-refractivity contribution in [1.29, 1.82) is 0 Å². The van der Waals surface area contributed by atoms with E-state index in [0.717, 1.165) is 32.4 Å². The van der Waals surface area contributed by atoms with Crippen LogP contribution >= 0.6 is 11.3 Å². The quantitative estimate of drug-likeness (QED) is 0.751. The van der Waals surface area contributed by atoms with Crippen molar-refractivity contribution >= 4 is 17.2 Å². The van der Waals surface area contributed by atoms with Crippen LogP contribution in [0.4, 0.5) is 0 Å². The van der Waals surface area contributed by atoms with Crippen molar-refractivity contribution in [2.75, 3.05) is 20.3 Å². The standard InChI is InChI=1S/C16H26N2O2S/c1-12(2)14-16(19)18(8-5-4-6-9-20-3)15(17-14)13-7-10-21-11-13/h7,10-12,14-15,17H,4-6,8-9H2,1-3H3. The number of nitrogens with zero attached hydrogens (tertiary/aromatic N) is 1. The summed E-state index contributed by atoms with van der Waals surface area (Å²) in [6.07, 6.45) is 3.23. The zero-order valence-corrected chi connectivity index (χ0v) is 14.0. The second-order valence-corrected chi connectivity index (χ2v) is 6.71.